The summed E-state index contributed by atoms with van der Waals surface area (Å²) in [5, 5.41) is 1.14. The van der Waals surface area contributed by atoms with Crippen molar-refractivity contribution in [3.05, 3.63) is 11.5 Å². The van der Waals surface area contributed by atoms with E-state index in [0.717, 1.165) is 5.41 Å². The second-order valence-corrected chi connectivity index (χ2v) is 4.87. The van der Waals surface area contributed by atoms with Crippen LogP contribution in [0.3, 0.4) is 0 Å². The van der Waals surface area contributed by atoms with Crippen molar-refractivity contribution in [2.24, 2.45) is 0 Å². The van der Waals surface area contributed by atoms with E-state index in [2.05, 4.69) is 0 Å². The van der Waals surface area contributed by atoms with Crippen molar-refractivity contribution in [2.45, 2.75) is 6.92 Å². The average molecular weight is 246 g/mol. The first-order valence-electron chi connectivity index (χ1n) is 3.83. The zero-order valence-electron chi connectivity index (χ0n) is 7.41. The van der Waals surface area contributed by atoms with Crippen LogP contribution in [0.25, 0.3) is 0 Å². The number of rotatable bonds is 6. The van der Waals surface area contributed by atoms with E-state index in [1.165, 1.54) is 10.4 Å². The highest BCUT2D eigenvalue weighted by atomic mass is 35.5. The standard InChI is InChI=1S/C7H13Cl2NO2S/c1-2-7-13(11,12)10(5-3-8)6-4-9/h2,7H,3-6H2,1H3. The summed E-state index contributed by atoms with van der Waals surface area (Å²) in [5.74, 6) is 0.543. The summed E-state index contributed by atoms with van der Waals surface area (Å²) in [6.07, 6.45) is 1.48. The molecule has 0 aromatic rings. The molecule has 0 aliphatic carbocycles. The molecular weight excluding hydrogens is 233 g/mol. The van der Waals surface area contributed by atoms with E-state index < -0.39 is 10.0 Å². The normalized spacial score (nSPS) is 12.9. The first-order chi connectivity index (χ1) is 6.08. The summed E-state index contributed by atoms with van der Waals surface area (Å²) in [7, 11) is -3.31. The molecule has 0 atom stereocenters. The van der Waals surface area contributed by atoms with E-state index in [1.807, 2.05) is 0 Å². The van der Waals surface area contributed by atoms with Gasteiger partial charge in [-0.15, -0.1) is 23.2 Å². The molecule has 6 heteroatoms. The molecule has 0 aliphatic rings. The highest BCUT2D eigenvalue weighted by molar-refractivity contribution is 7.92. The molecule has 78 valence electrons. The molecule has 0 fully saturated rings. The zero-order chi connectivity index (χ0) is 10.3. The molecule has 0 amide bonds. The van der Waals surface area contributed by atoms with Gasteiger partial charge in [-0.2, -0.15) is 4.31 Å². The summed E-state index contributed by atoms with van der Waals surface area (Å²) in [6, 6.07) is 0. The molecule has 0 bridgehead atoms. The Morgan fingerprint density at radius 1 is 1.23 bits per heavy atom. The Bertz CT molecular complexity index is 245. The Morgan fingerprint density at radius 3 is 2.00 bits per heavy atom. The maximum absolute atomic E-state index is 11.4. The predicted octanol–water partition coefficient (Wildman–Crippen LogP) is 1.63. The molecule has 0 heterocycles. The quantitative estimate of drug-likeness (QED) is 0.668. The van der Waals surface area contributed by atoms with E-state index in [1.54, 1.807) is 6.92 Å². The van der Waals surface area contributed by atoms with Gasteiger partial charge in [-0.1, -0.05) is 6.08 Å². The largest absolute Gasteiger partial charge is 0.235 e. The number of alkyl halides is 2. The van der Waals surface area contributed by atoms with Gasteiger partial charge in [0.25, 0.3) is 0 Å². The van der Waals surface area contributed by atoms with E-state index in [4.69, 9.17) is 23.2 Å². The molecule has 0 saturated heterocycles. The Hall–Kier alpha value is 0.230. The maximum atomic E-state index is 11.4. The van der Waals surface area contributed by atoms with Crippen LogP contribution < -0.4 is 0 Å². The Labute approximate surface area is 89.4 Å². The SMILES string of the molecule is CC=CS(=O)(=O)N(CCCl)CCCl. The zero-order valence-corrected chi connectivity index (χ0v) is 9.74. The molecule has 0 aromatic heterocycles. The molecule has 0 spiro atoms. The van der Waals surface area contributed by atoms with Crippen LogP contribution in [0, 0.1) is 0 Å². The smallest absolute Gasteiger partial charge is 0.208 e. The lowest BCUT2D eigenvalue weighted by Crippen LogP contribution is -2.32. The van der Waals surface area contributed by atoms with Gasteiger partial charge in [0.05, 0.1) is 0 Å². The summed E-state index contributed by atoms with van der Waals surface area (Å²) in [6.45, 7) is 2.24. The third-order valence-electron chi connectivity index (χ3n) is 1.34. The Kier molecular flexibility index (Phi) is 6.77. The third-order valence-corrected chi connectivity index (χ3v) is 3.37. The first-order valence-corrected chi connectivity index (χ1v) is 6.40. The van der Waals surface area contributed by atoms with E-state index in [9.17, 15) is 8.42 Å². The van der Waals surface area contributed by atoms with Crippen LogP contribution >= 0.6 is 23.2 Å². The average Bonchev–Trinajstić information content (AvgIpc) is 2.04. The molecule has 3 nitrogen and oxygen atoms in total. The van der Waals surface area contributed by atoms with Gasteiger partial charge >= 0.3 is 0 Å². The van der Waals surface area contributed by atoms with Crippen molar-refractivity contribution in [1.82, 2.24) is 4.31 Å². The number of hydrogen-bond acceptors (Lipinski definition) is 2. The highest BCUT2D eigenvalue weighted by Gasteiger charge is 2.16. The number of halogens is 2. The van der Waals surface area contributed by atoms with Crippen LogP contribution in [0.2, 0.25) is 0 Å². The molecule has 13 heavy (non-hydrogen) atoms. The lowest BCUT2D eigenvalue weighted by molar-refractivity contribution is 0.456. The van der Waals surface area contributed by atoms with Crippen molar-refractivity contribution in [3.63, 3.8) is 0 Å². The van der Waals surface area contributed by atoms with Gasteiger partial charge in [-0.05, 0) is 6.92 Å². The topological polar surface area (TPSA) is 37.4 Å². The van der Waals surface area contributed by atoms with Crippen molar-refractivity contribution in [2.75, 3.05) is 24.8 Å². The molecule has 0 aromatic carbocycles. The number of nitrogens with zero attached hydrogens (tertiary/aromatic N) is 1. The lowest BCUT2D eigenvalue weighted by atomic mass is 10.6. The van der Waals surface area contributed by atoms with Gasteiger partial charge < -0.3 is 0 Å². The lowest BCUT2D eigenvalue weighted by Gasteiger charge is -2.17. The van der Waals surface area contributed by atoms with Crippen LogP contribution in [0.15, 0.2) is 11.5 Å². The predicted molar refractivity (Wildman–Crippen MR) is 56.7 cm³/mol. The minimum absolute atomic E-state index is 0.272. The number of sulfonamides is 1. The van der Waals surface area contributed by atoms with Crippen LogP contribution in [0.4, 0.5) is 0 Å². The van der Waals surface area contributed by atoms with Gasteiger partial charge in [0.2, 0.25) is 10.0 Å². The molecule has 0 radical (unpaired) electrons. The second kappa shape index (κ2) is 6.65. The number of hydrogen-bond donors (Lipinski definition) is 0. The first kappa shape index (κ1) is 13.2. The van der Waals surface area contributed by atoms with Crippen LogP contribution in [-0.4, -0.2) is 37.6 Å². The Balaban J connectivity index is 4.52. The molecule has 0 unspecified atom stereocenters. The fourth-order valence-corrected chi connectivity index (χ4v) is 2.63. The fraction of sp³-hybridized carbons (Fsp3) is 0.714. The van der Waals surface area contributed by atoms with E-state index >= 15 is 0 Å². The molecular formula is C7H13Cl2NO2S. The number of allylic oxidation sites excluding steroid dienone is 1. The van der Waals surface area contributed by atoms with E-state index in [-0.39, 0.29) is 11.8 Å². The van der Waals surface area contributed by atoms with Crippen molar-refractivity contribution in [1.29, 1.82) is 0 Å². The Morgan fingerprint density at radius 2 is 1.69 bits per heavy atom. The van der Waals surface area contributed by atoms with Gasteiger partial charge in [0, 0.05) is 30.3 Å². The van der Waals surface area contributed by atoms with Gasteiger partial charge in [0.15, 0.2) is 0 Å². The van der Waals surface area contributed by atoms with Crippen molar-refractivity contribution < 1.29 is 8.42 Å². The van der Waals surface area contributed by atoms with Gasteiger partial charge in [-0.25, -0.2) is 8.42 Å². The van der Waals surface area contributed by atoms with E-state index in [0.29, 0.717) is 13.1 Å². The summed E-state index contributed by atoms with van der Waals surface area (Å²) >= 11 is 10.9. The minimum atomic E-state index is -3.31. The monoisotopic (exact) mass is 245 g/mol. The molecule has 0 saturated carbocycles. The minimum Gasteiger partial charge on any atom is -0.208 e. The highest BCUT2D eigenvalue weighted by Crippen LogP contribution is 2.04. The summed E-state index contributed by atoms with van der Waals surface area (Å²) < 4.78 is 24.1. The van der Waals surface area contributed by atoms with Crippen molar-refractivity contribution >= 4 is 33.2 Å². The molecule has 0 N–H and O–H groups in total. The second-order valence-electron chi connectivity index (χ2n) is 2.29. The molecule has 0 aliphatic heterocycles. The van der Waals surface area contributed by atoms with Crippen LogP contribution in [0.5, 0.6) is 0 Å². The van der Waals surface area contributed by atoms with Gasteiger partial charge in [0.1, 0.15) is 0 Å². The summed E-state index contributed by atoms with van der Waals surface area (Å²) in [5.41, 5.74) is 0. The third kappa shape index (κ3) is 4.86. The van der Waals surface area contributed by atoms with Crippen LogP contribution in [0.1, 0.15) is 6.92 Å². The maximum Gasteiger partial charge on any atom is 0.235 e. The summed E-state index contributed by atoms with van der Waals surface area (Å²) in [4.78, 5) is 0. The van der Waals surface area contributed by atoms with Gasteiger partial charge in [-0.3, -0.25) is 0 Å². The van der Waals surface area contributed by atoms with Crippen molar-refractivity contribution in [3.8, 4) is 0 Å². The van der Waals surface area contributed by atoms with Crippen LogP contribution in [-0.2, 0) is 10.0 Å². The fourth-order valence-electron chi connectivity index (χ4n) is 0.813. The molecule has 0 rings (SSSR count).